The second-order valence-electron chi connectivity index (χ2n) is 5.19. The molecule has 2 amide bonds. The highest BCUT2D eigenvalue weighted by molar-refractivity contribution is 7.09. The van der Waals surface area contributed by atoms with E-state index in [2.05, 4.69) is 15.2 Å². The molecule has 0 unspecified atom stereocenters. The summed E-state index contributed by atoms with van der Waals surface area (Å²) in [6, 6.07) is 0. The van der Waals surface area contributed by atoms with Crippen molar-refractivity contribution < 1.29 is 9.59 Å². The van der Waals surface area contributed by atoms with E-state index in [0.29, 0.717) is 57.9 Å². The van der Waals surface area contributed by atoms with E-state index in [9.17, 15) is 9.59 Å². The Balaban J connectivity index is 1.82. The number of likely N-dealkylation sites (N-methyl/N-ethyl adjacent to an activating group) is 1. The maximum absolute atomic E-state index is 12.4. The van der Waals surface area contributed by atoms with Crippen molar-refractivity contribution in [1.82, 2.24) is 20.1 Å². The van der Waals surface area contributed by atoms with Crippen molar-refractivity contribution in [3.63, 3.8) is 0 Å². The largest absolute Gasteiger partial charge is 0.355 e. The number of piperazine rings is 1. The third-order valence-electron chi connectivity index (χ3n) is 3.53. The number of nitrogens with two attached hydrogens (primary N) is 1. The molecule has 0 aromatic carbocycles. The monoisotopic (exact) mass is 325 g/mol. The number of amides is 2. The molecular weight excluding hydrogens is 302 g/mol. The molecule has 0 spiro atoms. The predicted molar refractivity (Wildman–Crippen MR) is 85.9 cm³/mol. The summed E-state index contributed by atoms with van der Waals surface area (Å²) in [7, 11) is 0. The number of rotatable bonds is 6. The number of nitrogens with zero attached hydrogens (tertiary/aromatic N) is 3. The number of nitrogens with one attached hydrogen (secondary N) is 1. The lowest BCUT2D eigenvalue weighted by Gasteiger charge is -2.33. The standard InChI is InChI=1S/C14H23N5O2S/c1-2-16-12(20)9-18-5-7-19(8-6-18)14(21)11-10-22-13(17-11)3-4-15/h10H,2-9,15H2,1H3,(H,16,20). The van der Waals surface area contributed by atoms with Crippen LogP contribution >= 0.6 is 11.3 Å². The molecule has 0 aliphatic carbocycles. The van der Waals surface area contributed by atoms with Crippen molar-refractivity contribution >= 4 is 23.2 Å². The van der Waals surface area contributed by atoms with E-state index >= 15 is 0 Å². The number of aromatic nitrogens is 1. The van der Waals surface area contributed by atoms with E-state index in [1.807, 2.05) is 6.92 Å². The first kappa shape index (κ1) is 16.9. The molecular formula is C14H23N5O2S. The van der Waals surface area contributed by atoms with Gasteiger partial charge in [-0.1, -0.05) is 0 Å². The van der Waals surface area contributed by atoms with E-state index in [-0.39, 0.29) is 11.8 Å². The molecule has 1 aromatic heterocycles. The van der Waals surface area contributed by atoms with Crippen LogP contribution in [0.2, 0.25) is 0 Å². The minimum atomic E-state index is -0.0304. The Kier molecular flexibility index (Phi) is 6.29. The topological polar surface area (TPSA) is 91.6 Å². The number of thiazole rings is 1. The molecule has 122 valence electrons. The minimum absolute atomic E-state index is 0.0304. The first-order chi connectivity index (χ1) is 10.6. The molecule has 2 rings (SSSR count). The van der Waals surface area contributed by atoms with Crippen molar-refractivity contribution in [2.75, 3.05) is 45.8 Å². The van der Waals surface area contributed by atoms with Crippen molar-refractivity contribution in [3.05, 3.63) is 16.1 Å². The fraction of sp³-hybridized carbons (Fsp3) is 0.643. The summed E-state index contributed by atoms with van der Waals surface area (Å²) in [5.41, 5.74) is 6.00. The third-order valence-corrected chi connectivity index (χ3v) is 4.44. The second kappa shape index (κ2) is 8.21. The zero-order valence-electron chi connectivity index (χ0n) is 12.9. The van der Waals surface area contributed by atoms with Gasteiger partial charge < -0.3 is 16.0 Å². The van der Waals surface area contributed by atoms with Gasteiger partial charge in [0.2, 0.25) is 5.91 Å². The Morgan fingerprint density at radius 3 is 2.73 bits per heavy atom. The summed E-state index contributed by atoms with van der Waals surface area (Å²) in [5, 5.41) is 5.49. The van der Waals surface area contributed by atoms with Gasteiger partial charge in [0, 0.05) is 44.5 Å². The van der Waals surface area contributed by atoms with Gasteiger partial charge in [-0.05, 0) is 13.5 Å². The van der Waals surface area contributed by atoms with Crippen LogP contribution in [0.3, 0.4) is 0 Å². The maximum Gasteiger partial charge on any atom is 0.273 e. The molecule has 1 saturated heterocycles. The van der Waals surface area contributed by atoms with Gasteiger partial charge in [0.25, 0.3) is 5.91 Å². The second-order valence-corrected chi connectivity index (χ2v) is 6.13. The first-order valence-electron chi connectivity index (χ1n) is 7.56. The Morgan fingerprint density at radius 1 is 1.36 bits per heavy atom. The van der Waals surface area contributed by atoms with Crippen LogP contribution < -0.4 is 11.1 Å². The molecule has 1 aliphatic rings. The van der Waals surface area contributed by atoms with E-state index in [4.69, 9.17) is 5.73 Å². The Hall–Kier alpha value is -1.51. The number of hydrogen-bond donors (Lipinski definition) is 2. The van der Waals surface area contributed by atoms with Crippen molar-refractivity contribution in [2.45, 2.75) is 13.3 Å². The normalized spacial score (nSPS) is 15.8. The summed E-state index contributed by atoms with van der Waals surface area (Å²) in [6.45, 7) is 6.16. The molecule has 0 bridgehead atoms. The zero-order chi connectivity index (χ0) is 15.9. The smallest absolute Gasteiger partial charge is 0.273 e. The van der Waals surface area contributed by atoms with Gasteiger partial charge in [-0.3, -0.25) is 14.5 Å². The van der Waals surface area contributed by atoms with Crippen LogP contribution in [0.4, 0.5) is 0 Å². The van der Waals surface area contributed by atoms with Crippen LogP contribution in [-0.4, -0.2) is 72.4 Å². The zero-order valence-corrected chi connectivity index (χ0v) is 13.7. The third kappa shape index (κ3) is 4.49. The summed E-state index contributed by atoms with van der Waals surface area (Å²) in [5.74, 6) is 0.00499. The molecule has 3 N–H and O–H groups in total. The SMILES string of the molecule is CCNC(=O)CN1CCN(C(=O)c2csc(CCN)n2)CC1. The van der Waals surface area contributed by atoms with Crippen LogP contribution in [0.25, 0.3) is 0 Å². The quantitative estimate of drug-likeness (QED) is 0.738. The average molecular weight is 325 g/mol. The molecule has 22 heavy (non-hydrogen) atoms. The van der Waals surface area contributed by atoms with Gasteiger partial charge in [-0.25, -0.2) is 4.98 Å². The van der Waals surface area contributed by atoms with Crippen LogP contribution in [-0.2, 0) is 11.2 Å². The highest BCUT2D eigenvalue weighted by atomic mass is 32.1. The summed E-state index contributed by atoms with van der Waals surface area (Å²) in [4.78, 5) is 32.2. The summed E-state index contributed by atoms with van der Waals surface area (Å²) < 4.78 is 0. The summed E-state index contributed by atoms with van der Waals surface area (Å²) in [6.07, 6.45) is 0.707. The molecule has 7 nitrogen and oxygen atoms in total. The molecule has 0 atom stereocenters. The van der Waals surface area contributed by atoms with Crippen molar-refractivity contribution in [3.8, 4) is 0 Å². The van der Waals surface area contributed by atoms with E-state index < -0.39 is 0 Å². The van der Waals surface area contributed by atoms with Crippen molar-refractivity contribution in [1.29, 1.82) is 0 Å². The molecule has 1 aliphatic heterocycles. The van der Waals surface area contributed by atoms with Gasteiger partial charge in [-0.15, -0.1) is 11.3 Å². The molecule has 2 heterocycles. The first-order valence-corrected chi connectivity index (χ1v) is 8.44. The average Bonchev–Trinajstić information content (AvgIpc) is 2.96. The number of hydrogen-bond acceptors (Lipinski definition) is 6. The van der Waals surface area contributed by atoms with Gasteiger partial charge in [0.15, 0.2) is 0 Å². The van der Waals surface area contributed by atoms with Crippen LogP contribution in [0, 0.1) is 0 Å². The Labute approximate surface area is 134 Å². The molecule has 1 aromatic rings. The minimum Gasteiger partial charge on any atom is -0.355 e. The number of carbonyl (C=O) groups excluding carboxylic acids is 2. The maximum atomic E-state index is 12.4. The van der Waals surface area contributed by atoms with Gasteiger partial charge in [-0.2, -0.15) is 0 Å². The fourth-order valence-electron chi connectivity index (χ4n) is 2.37. The lowest BCUT2D eigenvalue weighted by atomic mass is 10.3. The highest BCUT2D eigenvalue weighted by Crippen LogP contribution is 2.13. The van der Waals surface area contributed by atoms with E-state index in [1.54, 1.807) is 10.3 Å². The molecule has 1 fully saturated rings. The lowest BCUT2D eigenvalue weighted by Crippen LogP contribution is -2.51. The molecule has 0 radical (unpaired) electrons. The Morgan fingerprint density at radius 2 is 2.09 bits per heavy atom. The summed E-state index contributed by atoms with van der Waals surface area (Å²) >= 11 is 1.48. The highest BCUT2D eigenvalue weighted by Gasteiger charge is 2.24. The van der Waals surface area contributed by atoms with E-state index in [0.717, 1.165) is 5.01 Å². The van der Waals surface area contributed by atoms with Crippen LogP contribution in [0.5, 0.6) is 0 Å². The van der Waals surface area contributed by atoms with Gasteiger partial charge in [0.1, 0.15) is 5.69 Å². The Bertz CT molecular complexity index is 511. The number of carbonyl (C=O) groups is 2. The fourth-order valence-corrected chi connectivity index (χ4v) is 3.16. The van der Waals surface area contributed by atoms with Gasteiger partial charge >= 0.3 is 0 Å². The van der Waals surface area contributed by atoms with E-state index in [1.165, 1.54) is 11.3 Å². The van der Waals surface area contributed by atoms with Crippen molar-refractivity contribution in [2.24, 2.45) is 5.73 Å². The van der Waals surface area contributed by atoms with Crippen LogP contribution in [0.15, 0.2) is 5.38 Å². The van der Waals surface area contributed by atoms with Crippen LogP contribution in [0.1, 0.15) is 22.4 Å². The lowest BCUT2D eigenvalue weighted by molar-refractivity contribution is -0.122. The molecule has 0 saturated carbocycles. The van der Waals surface area contributed by atoms with Gasteiger partial charge in [0.05, 0.1) is 11.6 Å². The molecule has 8 heteroatoms. The predicted octanol–water partition coefficient (Wildman–Crippen LogP) is -0.462.